The van der Waals surface area contributed by atoms with Crippen LogP contribution < -0.4 is 10.1 Å². The first-order chi connectivity index (χ1) is 14.6. The van der Waals surface area contributed by atoms with E-state index in [1.807, 2.05) is 47.4 Å². The van der Waals surface area contributed by atoms with Crippen LogP contribution in [-0.2, 0) is 9.59 Å². The Balaban J connectivity index is 1.49. The summed E-state index contributed by atoms with van der Waals surface area (Å²) in [7, 11) is 1.65. The molecule has 158 valence electrons. The molecule has 0 atom stereocenters. The number of nitrogens with one attached hydrogen (secondary N) is 1. The molecule has 1 saturated heterocycles. The lowest BCUT2D eigenvalue weighted by Crippen LogP contribution is -2.29. The zero-order valence-electron chi connectivity index (χ0n) is 16.9. The van der Waals surface area contributed by atoms with Gasteiger partial charge < -0.3 is 15.0 Å². The van der Waals surface area contributed by atoms with Gasteiger partial charge in [-0.3, -0.25) is 9.59 Å². The SMILES string of the molecule is COc1ccccc1Sc1ccc(/C=C/C(=O)NCCCN2CCCC2=O)c(Cl)c1. The van der Waals surface area contributed by atoms with Gasteiger partial charge in [0.1, 0.15) is 5.75 Å². The lowest BCUT2D eigenvalue weighted by Gasteiger charge is -2.14. The number of hydrogen-bond acceptors (Lipinski definition) is 4. The first kappa shape index (κ1) is 22.2. The van der Waals surface area contributed by atoms with Crippen molar-refractivity contribution in [1.29, 1.82) is 0 Å². The quantitative estimate of drug-likeness (QED) is 0.452. The van der Waals surface area contributed by atoms with Gasteiger partial charge in [0.15, 0.2) is 0 Å². The maximum absolute atomic E-state index is 12.0. The molecule has 0 aliphatic carbocycles. The standard InChI is InChI=1S/C23H25ClN2O3S/c1-29-20-6-2-3-7-21(20)30-18-11-9-17(19(24)16-18)10-12-22(27)25-13-5-15-26-14-4-8-23(26)28/h2-3,6-7,9-12,16H,4-5,8,13-15H2,1H3,(H,25,27)/b12-10+. The summed E-state index contributed by atoms with van der Waals surface area (Å²) in [6.07, 6.45) is 5.52. The van der Waals surface area contributed by atoms with Gasteiger partial charge in [-0.05, 0) is 48.7 Å². The molecule has 0 unspecified atom stereocenters. The number of hydrogen-bond donors (Lipinski definition) is 1. The second-order valence-corrected chi connectivity index (χ2v) is 8.42. The summed E-state index contributed by atoms with van der Waals surface area (Å²) >= 11 is 7.97. The monoisotopic (exact) mass is 444 g/mol. The van der Waals surface area contributed by atoms with E-state index in [4.69, 9.17) is 16.3 Å². The minimum absolute atomic E-state index is 0.175. The predicted octanol–water partition coefficient (Wildman–Crippen LogP) is 4.64. The molecule has 0 spiro atoms. The largest absolute Gasteiger partial charge is 0.496 e. The maximum atomic E-state index is 12.0. The Kier molecular flexibility index (Phi) is 8.22. The van der Waals surface area contributed by atoms with Crippen molar-refractivity contribution in [1.82, 2.24) is 10.2 Å². The number of benzene rings is 2. The molecule has 0 saturated carbocycles. The van der Waals surface area contributed by atoms with Crippen molar-refractivity contribution >= 4 is 41.3 Å². The third kappa shape index (κ3) is 6.28. The molecule has 1 N–H and O–H groups in total. The Morgan fingerprint density at radius 3 is 2.87 bits per heavy atom. The van der Waals surface area contributed by atoms with Crippen molar-refractivity contribution in [3.8, 4) is 5.75 Å². The highest BCUT2D eigenvalue weighted by Crippen LogP contribution is 2.36. The van der Waals surface area contributed by atoms with Crippen molar-refractivity contribution in [3.63, 3.8) is 0 Å². The molecule has 1 fully saturated rings. The molecule has 0 aromatic heterocycles. The van der Waals surface area contributed by atoms with E-state index in [9.17, 15) is 9.59 Å². The van der Waals surface area contributed by atoms with Gasteiger partial charge in [0.25, 0.3) is 0 Å². The summed E-state index contributed by atoms with van der Waals surface area (Å²) in [6.45, 7) is 2.06. The summed E-state index contributed by atoms with van der Waals surface area (Å²) in [5.41, 5.74) is 0.777. The highest BCUT2D eigenvalue weighted by Gasteiger charge is 2.18. The van der Waals surface area contributed by atoms with Crippen molar-refractivity contribution in [3.05, 3.63) is 59.1 Å². The van der Waals surface area contributed by atoms with Gasteiger partial charge >= 0.3 is 0 Å². The first-order valence-corrected chi connectivity index (χ1v) is 11.1. The van der Waals surface area contributed by atoms with Gasteiger partial charge in [0, 0.05) is 42.0 Å². The summed E-state index contributed by atoms with van der Waals surface area (Å²) < 4.78 is 5.38. The van der Waals surface area contributed by atoms with E-state index in [0.29, 0.717) is 24.5 Å². The van der Waals surface area contributed by atoms with Crippen molar-refractivity contribution in [2.45, 2.75) is 29.1 Å². The number of methoxy groups -OCH3 is 1. The average molecular weight is 445 g/mol. The van der Waals surface area contributed by atoms with Crippen LogP contribution in [0.1, 0.15) is 24.8 Å². The maximum Gasteiger partial charge on any atom is 0.244 e. The fourth-order valence-corrected chi connectivity index (χ4v) is 4.46. The minimum Gasteiger partial charge on any atom is -0.496 e. The second-order valence-electron chi connectivity index (χ2n) is 6.90. The number of likely N-dealkylation sites (tertiary alicyclic amines) is 1. The smallest absolute Gasteiger partial charge is 0.244 e. The summed E-state index contributed by atoms with van der Waals surface area (Å²) in [5, 5.41) is 3.42. The van der Waals surface area contributed by atoms with Gasteiger partial charge in [-0.25, -0.2) is 0 Å². The van der Waals surface area contributed by atoms with Crippen LogP contribution >= 0.6 is 23.4 Å². The van der Waals surface area contributed by atoms with Gasteiger partial charge in [-0.15, -0.1) is 0 Å². The fourth-order valence-electron chi connectivity index (χ4n) is 3.18. The molecule has 0 bridgehead atoms. The van der Waals surface area contributed by atoms with Crippen LogP contribution in [0.3, 0.4) is 0 Å². The Morgan fingerprint density at radius 2 is 2.13 bits per heavy atom. The molecule has 30 heavy (non-hydrogen) atoms. The summed E-state index contributed by atoms with van der Waals surface area (Å²) in [6, 6.07) is 13.5. The summed E-state index contributed by atoms with van der Waals surface area (Å²) in [4.78, 5) is 27.4. The van der Waals surface area contributed by atoms with Gasteiger partial charge in [-0.1, -0.05) is 41.6 Å². The third-order valence-electron chi connectivity index (χ3n) is 4.76. The Labute approximate surface area is 186 Å². The number of rotatable bonds is 9. The first-order valence-electron chi connectivity index (χ1n) is 9.91. The van der Waals surface area contributed by atoms with Crippen molar-refractivity contribution in [2.24, 2.45) is 0 Å². The van der Waals surface area contributed by atoms with E-state index in [0.717, 1.165) is 40.5 Å². The number of para-hydroxylation sites is 1. The van der Waals surface area contributed by atoms with Crippen LogP contribution in [0.25, 0.3) is 6.08 Å². The Bertz CT molecular complexity index is 932. The van der Waals surface area contributed by atoms with Crippen molar-refractivity contribution in [2.75, 3.05) is 26.7 Å². The minimum atomic E-state index is -0.175. The van der Waals surface area contributed by atoms with Crippen LogP contribution in [0.4, 0.5) is 0 Å². The molecule has 1 aliphatic rings. The second kappa shape index (κ2) is 11.1. The molecule has 2 aromatic rings. The van der Waals surface area contributed by atoms with Crippen LogP contribution in [0, 0.1) is 0 Å². The Hall–Kier alpha value is -2.44. The normalized spacial score (nSPS) is 13.8. The zero-order chi connectivity index (χ0) is 21.3. The third-order valence-corrected chi connectivity index (χ3v) is 6.13. The van der Waals surface area contributed by atoms with E-state index < -0.39 is 0 Å². The molecular weight excluding hydrogens is 420 g/mol. The van der Waals surface area contributed by atoms with Crippen LogP contribution in [0.15, 0.2) is 58.3 Å². The number of carbonyl (C=O) groups is 2. The Morgan fingerprint density at radius 1 is 1.30 bits per heavy atom. The molecular formula is C23H25ClN2O3S. The van der Waals surface area contributed by atoms with Crippen LogP contribution in [-0.4, -0.2) is 43.5 Å². The lowest BCUT2D eigenvalue weighted by molar-refractivity contribution is -0.127. The lowest BCUT2D eigenvalue weighted by atomic mass is 10.2. The predicted molar refractivity (Wildman–Crippen MR) is 121 cm³/mol. The van der Waals surface area contributed by atoms with Gasteiger partial charge in [0.2, 0.25) is 11.8 Å². The molecule has 7 heteroatoms. The number of nitrogens with zero attached hydrogens (tertiary/aromatic N) is 1. The summed E-state index contributed by atoms with van der Waals surface area (Å²) in [5.74, 6) is 0.850. The van der Waals surface area contributed by atoms with Crippen molar-refractivity contribution < 1.29 is 14.3 Å². The molecule has 2 aromatic carbocycles. The van der Waals surface area contributed by atoms with E-state index in [1.165, 1.54) is 6.08 Å². The number of carbonyl (C=O) groups excluding carboxylic acids is 2. The van der Waals surface area contributed by atoms with E-state index in [1.54, 1.807) is 24.9 Å². The van der Waals surface area contributed by atoms with E-state index in [-0.39, 0.29) is 11.8 Å². The molecule has 5 nitrogen and oxygen atoms in total. The molecule has 0 radical (unpaired) electrons. The van der Waals surface area contributed by atoms with Gasteiger partial charge in [0.05, 0.1) is 12.0 Å². The fraction of sp³-hybridized carbons (Fsp3) is 0.304. The molecule has 1 aliphatic heterocycles. The topological polar surface area (TPSA) is 58.6 Å². The average Bonchev–Trinajstić information content (AvgIpc) is 3.15. The van der Waals surface area contributed by atoms with Gasteiger partial charge in [-0.2, -0.15) is 0 Å². The molecule has 1 heterocycles. The number of amides is 2. The van der Waals surface area contributed by atoms with Crippen LogP contribution in [0.5, 0.6) is 5.75 Å². The van der Waals surface area contributed by atoms with E-state index >= 15 is 0 Å². The van der Waals surface area contributed by atoms with Crippen LogP contribution in [0.2, 0.25) is 5.02 Å². The molecule has 3 rings (SSSR count). The number of ether oxygens (including phenoxy) is 1. The van der Waals surface area contributed by atoms with E-state index in [2.05, 4.69) is 5.32 Å². The zero-order valence-corrected chi connectivity index (χ0v) is 18.5. The number of halogens is 1. The highest BCUT2D eigenvalue weighted by atomic mass is 35.5. The highest BCUT2D eigenvalue weighted by molar-refractivity contribution is 7.99. The molecule has 2 amide bonds.